The molecular formula is C24H23ClN2O6S2. The van der Waals surface area contributed by atoms with Crippen molar-refractivity contribution in [3.63, 3.8) is 0 Å². The Morgan fingerprint density at radius 2 is 1.86 bits per heavy atom. The number of benzene rings is 1. The van der Waals surface area contributed by atoms with E-state index in [1.165, 1.54) is 47.7 Å². The van der Waals surface area contributed by atoms with Crippen LogP contribution in [0.5, 0.6) is 0 Å². The van der Waals surface area contributed by atoms with Crippen molar-refractivity contribution in [2.24, 2.45) is 0 Å². The number of carbonyl (C=O) groups is 2. The van der Waals surface area contributed by atoms with Gasteiger partial charge >= 0.3 is 0 Å². The average Bonchev–Trinajstić information content (AvgIpc) is 3.62. The maximum Gasteiger partial charge on any atom is 0.292 e. The summed E-state index contributed by atoms with van der Waals surface area (Å²) in [6.45, 7) is 1.12. The quantitative estimate of drug-likeness (QED) is 0.462. The highest BCUT2D eigenvalue weighted by Gasteiger charge is 2.29. The SMILES string of the molecule is O=C(Nc1sc2c(c1C(=O)NCC1CCCO1)CCC2)c1ccc(S(=O)(=O)c2ccc(Cl)cc2)o1. The van der Waals surface area contributed by atoms with Gasteiger partial charge in [-0.15, -0.1) is 11.3 Å². The van der Waals surface area contributed by atoms with Crippen molar-refractivity contribution in [1.82, 2.24) is 5.32 Å². The maximum atomic E-state index is 13.1. The molecule has 0 radical (unpaired) electrons. The fraction of sp³-hybridized carbons (Fsp3) is 0.333. The van der Waals surface area contributed by atoms with Gasteiger partial charge in [-0.3, -0.25) is 9.59 Å². The average molecular weight is 535 g/mol. The fourth-order valence-corrected chi connectivity index (χ4v) is 6.90. The van der Waals surface area contributed by atoms with E-state index in [0.29, 0.717) is 28.7 Å². The van der Waals surface area contributed by atoms with E-state index in [4.69, 9.17) is 20.8 Å². The van der Waals surface area contributed by atoms with Crippen molar-refractivity contribution in [1.29, 1.82) is 0 Å². The van der Waals surface area contributed by atoms with Crippen LogP contribution in [0.3, 0.4) is 0 Å². The van der Waals surface area contributed by atoms with E-state index in [9.17, 15) is 18.0 Å². The standard InChI is InChI=1S/C24H23ClN2O6S2/c25-14-6-8-16(9-7-14)35(30,31)20-11-10-18(33-20)22(28)27-24-21(17-4-1-5-19(17)34-24)23(29)26-13-15-3-2-12-32-15/h6-11,15H,1-5,12-13H2,(H,26,29)(H,27,28). The minimum atomic E-state index is -3.95. The van der Waals surface area contributed by atoms with Crippen LogP contribution in [0.4, 0.5) is 5.00 Å². The van der Waals surface area contributed by atoms with Crippen molar-refractivity contribution in [3.8, 4) is 0 Å². The van der Waals surface area contributed by atoms with E-state index in [1.807, 2.05) is 0 Å². The second-order valence-corrected chi connectivity index (χ2v) is 11.9. The monoisotopic (exact) mass is 534 g/mol. The van der Waals surface area contributed by atoms with Crippen LogP contribution < -0.4 is 10.6 Å². The molecule has 2 aromatic heterocycles. The number of aryl methyl sites for hydroxylation is 1. The van der Waals surface area contributed by atoms with Gasteiger partial charge < -0.3 is 19.8 Å². The molecule has 35 heavy (non-hydrogen) atoms. The molecule has 8 nitrogen and oxygen atoms in total. The van der Waals surface area contributed by atoms with E-state index < -0.39 is 15.7 Å². The lowest BCUT2D eigenvalue weighted by Gasteiger charge is -2.12. The number of furan rings is 1. The highest BCUT2D eigenvalue weighted by molar-refractivity contribution is 7.91. The van der Waals surface area contributed by atoms with Gasteiger partial charge in [0.2, 0.25) is 14.9 Å². The van der Waals surface area contributed by atoms with Crippen LogP contribution in [-0.2, 0) is 27.4 Å². The molecule has 2 aliphatic rings. The number of fused-ring (bicyclic) bond motifs is 1. The fourth-order valence-electron chi connectivity index (χ4n) is 4.31. The molecule has 1 atom stereocenters. The van der Waals surface area contributed by atoms with Crippen LogP contribution in [0, 0.1) is 0 Å². The first kappa shape index (κ1) is 24.1. The van der Waals surface area contributed by atoms with Crippen molar-refractivity contribution >= 4 is 49.6 Å². The second kappa shape index (κ2) is 9.77. The van der Waals surface area contributed by atoms with Crippen molar-refractivity contribution in [2.75, 3.05) is 18.5 Å². The Balaban J connectivity index is 1.34. The molecule has 0 saturated carbocycles. The van der Waals surface area contributed by atoms with Gasteiger partial charge in [-0.25, -0.2) is 8.42 Å². The van der Waals surface area contributed by atoms with Crippen LogP contribution >= 0.6 is 22.9 Å². The summed E-state index contributed by atoms with van der Waals surface area (Å²) in [5.41, 5.74) is 1.43. The Morgan fingerprint density at radius 3 is 2.60 bits per heavy atom. The van der Waals surface area contributed by atoms with E-state index in [2.05, 4.69) is 10.6 Å². The van der Waals surface area contributed by atoms with Crippen LogP contribution in [0.1, 0.15) is 50.6 Å². The van der Waals surface area contributed by atoms with Gasteiger partial charge in [0.05, 0.1) is 16.6 Å². The predicted molar refractivity (Wildman–Crippen MR) is 131 cm³/mol. The summed E-state index contributed by atoms with van der Waals surface area (Å²) < 4.78 is 36.7. The first-order valence-electron chi connectivity index (χ1n) is 11.3. The molecule has 11 heteroatoms. The summed E-state index contributed by atoms with van der Waals surface area (Å²) in [4.78, 5) is 27.1. The minimum Gasteiger partial charge on any atom is -0.439 e. The zero-order valence-corrected chi connectivity index (χ0v) is 21.0. The van der Waals surface area contributed by atoms with Crippen molar-refractivity contribution in [3.05, 3.63) is 63.2 Å². The molecule has 1 saturated heterocycles. The molecule has 0 bridgehead atoms. The number of ether oxygens (including phenoxy) is 1. The van der Waals surface area contributed by atoms with Crippen molar-refractivity contribution < 1.29 is 27.2 Å². The molecule has 1 aromatic carbocycles. The lowest BCUT2D eigenvalue weighted by molar-refractivity contribution is 0.0858. The van der Waals surface area contributed by atoms with E-state index in [1.54, 1.807) is 0 Å². The number of rotatable bonds is 7. The molecule has 1 unspecified atom stereocenters. The Hall–Kier alpha value is -2.66. The Morgan fingerprint density at radius 1 is 1.06 bits per heavy atom. The third-order valence-corrected chi connectivity index (χ3v) is 9.18. The molecule has 5 rings (SSSR count). The Bertz CT molecular complexity index is 1370. The number of hydrogen-bond acceptors (Lipinski definition) is 7. The normalized spacial score (nSPS) is 17.3. The summed E-state index contributed by atoms with van der Waals surface area (Å²) in [6.07, 6.45) is 4.49. The van der Waals surface area contributed by atoms with E-state index in [-0.39, 0.29) is 27.8 Å². The number of carbonyl (C=O) groups excluding carboxylic acids is 2. The Kier molecular flexibility index (Phi) is 6.71. The van der Waals surface area contributed by atoms with Gasteiger partial charge in [0.1, 0.15) is 5.00 Å². The molecule has 0 spiro atoms. The van der Waals surface area contributed by atoms with Gasteiger partial charge in [-0.05, 0) is 74.1 Å². The number of nitrogens with one attached hydrogen (secondary N) is 2. The van der Waals surface area contributed by atoms with Gasteiger partial charge in [-0.1, -0.05) is 11.6 Å². The van der Waals surface area contributed by atoms with E-state index >= 15 is 0 Å². The first-order chi connectivity index (χ1) is 16.8. The van der Waals surface area contributed by atoms with Crippen LogP contribution in [0.2, 0.25) is 5.02 Å². The highest BCUT2D eigenvalue weighted by atomic mass is 35.5. The third kappa shape index (κ3) is 4.88. The lowest BCUT2D eigenvalue weighted by atomic mass is 10.1. The Labute approximate surface area is 211 Å². The number of amides is 2. The molecular weight excluding hydrogens is 512 g/mol. The third-order valence-electron chi connectivity index (χ3n) is 6.08. The highest BCUT2D eigenvalue weighted by Crippen LogP contribution is 2.39. The predicted octanol–water partition coefficient (Wildman–Crippen LogP) is 4.48. The number of anilines is 1. The first-order valence-corrected chi connectivity index (χ1v) is 14.0. The van der Waals surface area contributed by atoms with Crippen LogP contribution in [-0.4, -0.2) is 39.5 Å². The summed E-state index contributed by atoms with van der Waals surface area (Å²) >= 11 is 7.21. The zero-order chi connectivity index (χ0) is 24.6. The van der Waals surface area contributed by atoms with Crippen LogP contribution in [0.25, 0.3) is 0 Å². The molecule has 1 aliphatic heterocycles. The van der Waals surface area contributed by atoms with Crippen LogP contribution in [0.15, 0.2) is 50.8 Å². The van der Waals surface area contributed by atoms with Gasteiger partial charge in [-0.2, -0.15) is 0 Å². The number of halogens is 1. The summed E-state index contributed by atoms with van der Waals surface area (Å²) in [5, 5.41) is 6.18. The van der Waals surface area contributed by atoms with Crippen molar-refractivity contribution in [2.45, 2.75) is 48.2 Å². The molecule has 184 valence electrons. The second-order valence-electron chi connectivity index (χ2n) is 8.44. The molecule has 3 heterocycles. The molecule has 2 N–H and O–H groups in total. The van der Waals surface area contributed by atoms with Gasteiger partial charge in [0, 0.05) is 23.1 Å². The summed E-state index contributed by atoms with van der Waals surface area (Å²) in [6, 6.07) is 8.21. The zero-order valence-electron chi connectivity index (χ0n) is 18.6. The smallest absolute Gasteiger partial charge is 0.292 e. The molecule has 1 aliphatic carbocycles. The topological polar surface area (TPSA) is 115 Å². The lowest BCUT2D eigenvalue weighted by Crippen LogP contribution is -2.32. The maximum absolute atomic E-state index is 13.1. The largest absolute Gasteiger partial charge is 0.439 e. The molecule has 1 fully saturated rings. The number of thiophene rings is 1. The number of hydrogen-bond donors (Lipinski definition) is 2. The minimum absolute atomic E-state index is 0.00286. The molecule has 2 amide bonds. The summed E-state index contributed by atoms with van der Waals surface area (Å²) in [7, 11) is -3.95. The number of sulfone groups is 1. The summed E-state index contributed by atoms with van der Waals surface area (Å²) in [5.74, 6) is -1.05. The van der Waals surface area contributed by atoms with Gasteiger partial charge in [0.25, 0.3) is 11.8 Å². The van der Waals surface area contributed by atoms with Gasteiger partial charge in [0.15, 0.2) is 5.76 Å². The van der Waals surface area contributed by atoms with E-state index in [0.717, 1.165) is 42.5 Å². The molecule has 3 aromatic rings.